The summed E-state index contributed by atoms with van der Waals surface area (Å²) in [6.45, 7) is 9.08. The quantitative estimate of drug-likeness (QED) is 0.0341. The average molecular weight is 868 g/mol. The number of rotatable bonds is 44. The lowest BCUT2D eigenvalue weighted by Gasteiger charge is -2.36. The molecule has 11 nitrogen and oxygen atoms in total. The number of unbranched alkanes of at least 4 members (excludes halogenated alkanes) is 15. The van der Waals surface area contributed by atoms with Crippen LogP contribution >= 0.6 is 0 Å². The molecule has 0 fully saturated rings. The van der Waals surface area contributed by atoms with Crippen molar-refractivity contribution < 1.29 is 48.4 Å². The van der Waals surface area contributed by atoms with Crippen molar-refractivity contribution in [1.29, 1.82) is 0 Å². The number of carbonyl (C=O) groups excluding carboxylic acids is 3. The van der Waals surface area contributed by atoms with Crippen molar-refractivity contribution in [3.63, 3.8) is 0 Å². The van der Waals surface area contributed by atoms with Gasteiger partial charge in [-0.3, -0.25) is 24.0 Å². The number of esters is 3. The standard InChI is InChI=1S/C50H93NO10/c1-7-11-15-18-20-23-31-43(32-24-21-19-16-12-8-2)60-47(55)35-26-25-34-46(54)59-41-44(61-48(56)36-28-38-51(5)6)40-50(49(57)58,37-27-33-45(52)53)39-42(29-14-10-4)30-22-17-13-9-3/h42-44H,7-41H2,1-6H3,(H,52,53)(H,57,58). The highest BCUT2D eigenvalue weighted by Crippen LogP contribution is 2.41. The molecular formula is C50H93NO10. The fourth-order valence-corrected chi connectivity index (χ4v) is 8.36. The maximum absolute atomic E-state index is 13.3. The molecule has 0 amide bonds. The van der Waals surface area contributed by atoms with Crippen LogP contribution in [0.4, 0.5) is 0 Å². The Hall–Kier alpha value is -2.69. The van der Waals surface area contributed by atoms with E-state index >= 15 is 0 Å². The number of hydrogen-bond acceptors (Lipinski definition) is 9. The summed E-state index contributed by atoms with van der Waals surface area (Å²) in [6.07, 6.45) is 25.2. The molecule has 0 aliphatic rings. The molecule has 0 spiro atoms. The minimum absolute atomic E-state index is 0.0647. The minimum Gasteiger partial charge on any atom is -0.481 e. The van der Waals surface area contributed by atoms with Crippen molar-refractivity contribution in [2.75, 3.05) is 27.2 Å². The summed E-state index contributed by atoms with van der Waals surface area (Å²) in [5.74, 6) is -3.14. The lowest BCUT2D eigenvalue weighted by molar-refractivity contribution is -0.167. The number of carbonyl (C=O) groups is 5. The zero-order valence-electron chi connectivity index (χ0n) is 40.1. The van der Waals surface area contributed by atoms with E-state index in [1.165, 1.54) is 51.4 Å². The van der Waals surface area contributed by atoms with Gasteiger partial charge in [0.25, 0.3) is 0 Å². The molecular weight excluding hydrogens is 775 g/mol. The maximum atomic E-state index is 13.3. The molecule has 0 aromatic heterocycles. The number of ether oxygens (including phenoxy) is 3. The highest BCUT2D eigenvalue weighted by atomic mass is 16.6. The number of aliphatic carboxylic acids is 2. The van der Waals surface area contributed by atoms with Crippen molar-refractivity contribution in [3.8, 4) is 0 Å². The second kappa shape index (κ2) is 38.9. The zero-order valence-corrected chi connectivity index (χ0v) is 40.1. The Balaban J connectivity index is 5.71. The molecule has 0 aromatic rings. The van der Waals surface area contributed by atoms with Crippen LogP contribution in [0.3, 0.4) is 0 Å². The maximum Gasteiger partial charge on any atom is 0.309 e. The third-order valence-corrected chi connectivity index (χ3v) is 12.0. The highest BCUT2D eigenvalue weighted by Gasteiger charge is 2.43. The van der Waals surface area contributed by atoms with Crippen molar-refractivity contribution >= 4 is 29.8 Å². The first kappa shape index (κ1) is 58.3. The van der Waals surface area contributed by atoms with Crippen molar-refractivity contribution in [2.24, 2.45) is 11.3 Å². The van der Waals surface area contributed by atoms with Crippen LogP contribution in [0.5, 0.6) is 0 Å². The lowest BCUT2D eigenvalue weighted by Crippen LogP contribution is -2.40. The Bertz CT molecular complexity index is 1110. The first-order valence-electron chi connectivity index (χ1n) is 25.0. The van der Waals surface area contributed by atoms with Crippen molar-refractivity contribution in [3.05, 3.63) is 0 Å². The van der Waals surface area contributed by atoms with Gasteiger partial charge in [0.2, 0.25) is 0 Å². The summed E-state index contributed by atoms with van der Waals surface area (Å²) in [5, 5.41) is 20.4. The summed E-state index contributed by atoms with van der Waals surface area (Å²) < 4.78 is 17.6. The fraction of sp³-hybridized carbons (Fsp3) is 0.900. The number of nitrogens with zero attached hydrogens (tertiary/aromatic N) is 1. The molecule has 0 heterocycles. The van der Waals surface area contributed by atoms with Gasteiger partial charge in [0.1, 0.15) is 18.8 Å². The molecule has 0 saturated heterocycles. The van der Waals surface area contributed by atoms with Crippen LogP contribution in [0, 0.1) is 11.3 Å². The van der Waals surface area contributed by atoms with E-state index in [1.807, 2.05) is 19.0 Å². The third kappa shape index (κ3) is 33.5. The molecule has 0 aliphatic heterocycles. The van der Waals surface area contributed by atoms with Crippen molar-refractivity contribution in [2.45, 2.75) is 252 Å². The molecule has 0 saturated carbocycles. The van der Waals surface area contributed by atoms with E-state index in [0.717, 1.165) is 89.9 Å². The molecule has 11 heteroatoms. The summed E-state index contributed by atoms with van der Waals surface area (Å²) in [4.78, 5) is 66.0. The molecule has 358 valence electrons. The van der Waals surface area contributed by atoms with Gasteiger partial charge in [-0.1, -0.05) is 143 Å². The van der Waals surface area contributed by atoms with Crippen LogP contribution in [-0.2, 0) is 38.2 Å². The largest absolute Gasteiger partial charge is 0.481 e. The van der Waals surface area contributed by atoms with Crippen LogP contribution in [0.25, 0.3) is 0 Å². The Morgan fingerprint density at radius 2 is 0.951 bits per heavy atom. The van der Waals surface area contributed by atoms with Gasteiger partial charge < -0.3 is 29.3 Å². The van der Waals surface area contributed by atoms with Gasteiger partial charge in [-0.15, -0.1) is 0 Å². The van der Waals surface area contributed by atoms with Gasteiger partial charge in [-0.2, -0.15) is 0 Å². The Kier molecular flexibility index (Phi) is 37.2. The Morgan fingerprint density at radius 1 is 0.492 bits per heavy atom. The van der Waals surface area contributed by atoms with E-state index in [0.29, 0.717) is 32.2 Å². The fourth-order valence-electron chi connectivity index (χ4n) is 8.36. The average Bonchev–Trinajstić information content (AvgIpc) is 3.21. The predicted octanol–water partition coefficient (Wildman–Crippen LogP) is 12.6. The monoisotopic (exact) mass is 868 g/mol. The molecule has 0 radical (unpaired) electrons. The van der Waals surface area contributed by atoms with Crippen LogP contribution in [-0.4, -0.2) is 84.4 Å². The van der Waals surface area contributed by atoms with E-state index in [2.05, 4.69) is 27.7 Å². The molecule has 3 atom stereocenters. The van der Waals surface area contributed by atoms with E-state index < -0.39 is 35.4 Å². The summed E-state index contributed by atoms with van der Waals surface area (Å²) >= 11 is 0. The highest BCUT2D eigenvalue weighted by molar-refractivity contribution is 5.75. The van der Waals surface area contributed by atoms with Gasteiger partial charge >= 0.3 is 29.8 Å². The van der Waals surface area contributed by atoms with Gasteiger partial charge in [-0.25, -0.2) is 0 Å². The van der Waals surface area contributed by atoms with Gasteiger partial charge in [-0.05, 0) is 90.8 Å². The summed E-state index contributed by atoms with van der Waals surface area (Å²) in [7, 11) is 3.83. The smallest absolute Gasteiger partial charge is 0.309 e. The van der Waals surface area contributed by atoms with Gasteiger partial charge in [0.05, 0.1) is 5.41 Å². The van der Waals surface area contributed by atoms with E-state index in [9.17, 15) is 34.2 Å². The molecule has 2 N–H and O–H groups in total. The minimum atomic E-state index is -1.36. The zero-order chi connectivity index (χ0) is 45.6. The van der Waals surface area contributed by atoms with E-state index in [4.69, 9.17) is 14.2 Å². The number of carboxylic acid groups (broad SMARTS) is 2. The molecule has 0 rings (SSSR count). The van der Waals surface area contributed by atoms with E-state index in [1.54, 1.807) is 0 Å². The molecule has 0 aromatic carbocycles. The topological polar surface area (TPSA) is 157 Å². The normalized spacial score (nSPS) is 13.5. The predicted molar refractivity (Wildman–Crippen MR) is 246 cm³/mol. The first-order chi connectivity index (χ1) is 29.3. The van der Waals surface area contributed by atoms with E-state index in [-0.39, 0.29) is 69.5 Å². The Morgan fingerprint density at radius 3 is 1.48 bits per heavy atom. The second-order valence-electron chi connectivity index (χ2n) is 18.2. The summed E-state index contributed by atoms with van der Waals surface area (Å²) in [6, 6.07) is 0. The SMILES string of the molecule is CCCCCCCCC(CCCCCCCC)OC(=O)CCCCC(=O)OCC(CC(CCCC(=O)O)(CC(CCCC)CCCCCC)C(=O)O)OC(=O)CCCN(C)C. The molecule has 61 heavy (non-hydrogen) atoms. The summed E-state index contributed by atoms with van der Waals surface area (Å²) in [5.41, 5.74) is -1.36. The van der Waals surface area contributed by atoms with Crippen LogP contribution in [0.1, 0.15) is 240 Å². The first-order valence-corrected chi connectivity index (χ1v) is 25.0. The van der Waals surface area contributed by atoms with Crippen molar-refractivity contribution in [1.82, 2.24) is 4.90 Å². The Labute approximate surface area is 372 Å². The third-order valence-electron chi connectivity index (χ3n) is 12.0. The number of carboxylic acids is 2. The molecule has 0 aliphatic carbocycles. The molecule has 3 unspecified atom stereocenters. The van der Waals surface area contributed by atoms with Gasteiger partial charge in [0.15, 0.2) is 0 Å². The van der Waals surface area contributed by atoms with Crippen LogP contribution in [0.2, 0.25) is 0 Å². The second-order valence-corrected chi connectivity index (χ2v) is 18.2. The van der Waals surface area contributed by atoms with Gasteiger partial charge in [0, 0.05) is 32.1 Å². The lowest BCUT2D eigenvalue weighted by atomic mass is 9.70. The van der Waals surface area contributed by atoms with Crippen LogP contribution in [0.15, 0.2) is 0 Å². The number of hydrogen-bond donors (Lipinski definition) is 2. The molecule has 0 bridgehead atoms. The van der Waals surface area contributed by atoms with Crippen LogP contribution < -0.4 is 0 Å².